The van der Waals surface area contributed by atoms with Gasteiger partial charge in [-0.25, -0.2) is 0 Å². The number of amides is 1. The number of carboxylic acids is 1. The van der Waals surface area contributed by atoms with Crippen LogP contribution in [0.1, 0.15) is 45.1 Å². The van der Waals surface area contributed by atoms with Crippen LogP contribution in [0.2, 0.25) is 5.02 Å². The van der Waals surface area contributed by atoms with E-state index in [9.17, 15) is 14.7 Å². The number of hydrogen-bond donors (Lipinski definition) is 2. The average Bonchev–Trinajstić information content (AvgIpc) is 3.61. The van der Waals surface area contributed by atoms with Crippen LogP contribution in [-0.4, -0.2) is 42.0 Å². The third-order valence-corrected chi connectivity index (χ3v) is 8.12. The molecule has 0 radical (unpaired) electrons. The van der Waals surface area contributed by atoms with Gasteiger partial charge in [-0.1, -0.05) is 48.9 Å². The Morgan fingerprint density at radius 1 is 1.10 bits per heavy atom. The third kappa shape index (κ3) is 4.62. The molecule has 1 amide bonds. The number of carbonyl (C=O) groups excluding carboxylic acids is 1. The second-order valence-electron chi connectivity index (χ2n) is 9.08. The zero-order valence-electron chi connectivity index (χ0n) is 20.9. The van der Waals surface area contributed by atoms with Gasteiger partial charge in [0.05, 0.1) is 12.3 Å². The van der Waals surface area contributed by atoms with Gasteiger partial charge in [-0.2, -0.15) is 0 Å². The van der Waals surface area contributed by atoms with E-state index in [-0.39, 0.29) is 18.8 Å². The van der Waals surface area contributed by atoms with E-state index in [0.717, 1.165) is 33.6 Å². The maximum absolute atomic E-state index is 13.3. The molecule has 196 valence electrons. The van der Waals surface area contributed by atoms with Crippen LogP contribution in [0.3, 0.4) is 0 Å². The van der Waals surface area contributed by atoms with E-state index in [2.05, 4.69) is 28.5 Å². The Morgan fingerprint density at radius 2 is 1.90 bits per heavy atom. The lowest BCUT2D eigenvalue weighted by molar-refractivity contribution is -0.137. The van der Waals surface area contributed by atoms with Crippen molar-refractivity contribution in [3.63, 3.8) is 0 Å². The zero-order chi connectivity index (χ0) is 27.1. The van der Waals surface area contributed by atoms with E-state index in [1.165, 1.54) is 9.44 Å². The van der Waals surface area contributed by atoms with Crippen molar-refractivity contribution in [2.24, 2.45) is 4.99 Å². The molecule has 2 N–H and O–H groups in total. The van der Waals surface area contributed by atoms with Gasteiger partial charge in [0.1, 0.15) is 23.8 Å². The van der Waals surface area contributed by atoms with E-state index in [4.69, 9.17) is 16.6 Å². The van der Waals surface area contributed by atoms with Gasteiger partial charge in [-0.3, -0.25) is 19.1 Å². The van der Waals surface area contributed by atoms with E-state index < -0.39 is 11.9 Å². The van der Waals surface area contributed by atoms with Crippen molar-refractivity contribution < 1.29 is 14.7 Å². The van der Waals surface area contributed by atoms with Crippen LogP contribution in [-0.2, 0) is 30.8 Å². The Hall–Kier alpha value is -4.28. The first-order valence-electron chi connectivity index (χ1n) is 12.4. The van der Waals surface area contributed by atoms with Gasteiger partial charge >= 0.3 is 5.97 Å². The molecule has 6 rings (SSSR count). The minimum Gasteiger partial charge on any atom is -0.480 e. The number of thiophene rings is 1. The molecule has 0 spiro atoms. The summed E-state index contributed by atoms with van der Waals surface area (Å²) in [5.41, 5.74) is 3.75. The van der Waals surface area contributed by atoms with Crippen molar-refractivity contribution in [3.8, 4) is 5.00 Å². The maximum Gasteiger partial charge on any atom is 0.323 e. The molecule has 0 fully saturated rings. The Morgan fingerprint density at radius 3 is 2.67 bits per heavy atom. The summed E-state index contributed by atoms with van der Waals surface area (Å²) in [4.78, 5) is 30.9. The van der Waals surface area contributed by atoms with Crippen LogP contribution in [0.5, 0.6) is 0 Å². The van der Waals surface area contributed by atoms with Crippen LogP contribution in [0.4, 0.5) is 0 Å². The Bertz CT molecular complexity index is 1770. The molecule has 0 unspecified atom stereocenters. The second-order valence-corrected chi connectivity index (χ2v) is 10.6. The van der Waals surface area contributed by atoms with Crippen molar-refractivity contribution in [1.29, 1.82) is 0 Å². The number of nitrogens with zero attached hydrogens (tertiary/aromatic N) is 5. The monoisotopic (exact) mass is 558 g/mol. The molecule has 0 saturated carbocycles. The van der Waals surface area contributed by atoms with Crippen LogP contribution >= 0.6 is 22.9 Å². The van der Waals surface area contributed by atoms with Gasteiger partial charge in [-0.15, -0.1) is 21.5 Å². The third-order valence-electron chi connectivity index (χ3n) is 6.61. The summed E-state index contributed by atoms with van der Waals surface area (Å²) >= 11 is 7.77. The molecular formula is C28H23ClN6O3S. The molecule has 1 aliphatic heterocycles. The number of aliphatic imine (C=N–C) groups is 1. The fraction of sp³-hybridized carbons (Fsp3) is 0.179. The number of aliphatic carboxylic acids is 1. The fourth-order valence-corrected chi connectivity index (χ4v) is 6.05. The van der Waals surface area contributed by atoms with Gasteiger partial charge in [0.2, 0.25) is 0 Å². The summed E-state index contributed by atoms with van der Waals surface area (Å²) in [5.74, 6) is -0.176. The number of fused-ring (bicyclic) bond motifs is 4. The van der Waals surface area contributed by atoms with Crippen LogP contribution in [0.15, 0.2) is 65.7 Å². The highest BCUT2D eigenvalue weighted by Crippen LogP contribution is 2.33. The number of nitrogens with one attached hydrogen (secondary N) is 1. The lowest BCUT2D eigenvalue weighted by Crippen LogP contribution is -2.27. The van der Waals surface area contributed by atoms with Gasteiger partial charge in [0.25, 0.3) is 5.91 Å². The van der Waals surface area contributed by atoms with Crippen LogP contribution < -0.4 is 5.32 Å². The SMILES string of the molecule is CCc1cc2c(s1)-n1c(nnc1CNC(=O)c1cc3ccccc3n1CC(=O)O)CN=C2c1ccc(Cl)cc1. The predicted octanol–water partition coefficient (Wildman–Crippen LogP) is 4.86. The number of para-hydroxylation sites is 1. The van der Waals surface area contributed by atoms with Crippen molar-refractivity contribution in [2.75, 3.05) is 0 Å². The molecule has 0 bridgehead atoms. The normalized spacial score (nSPS) is 12.5. The molecule has 0 saturated heterocycles. The van der Waals surface area contributed by atoms with E-state index in [1.54, 1.807) is 23.5 Å². The van der Waals surface area contributed by atoms with Crippen molar-refractivity contribution in [1.82, 2.24) is 24.6 Å². The molecule has 1 aliphatic rings. The number of aromatic nitrogens is 4. The summed E-state index contributed by atoms with van der Waals surface area (Å²) in [7, 11) is 0. The standard InChI is InChI=1S/C28H23ClN6O3S/c1-2-19-12-20-26(16-7-9-18(29)10-8-16)30-13-23-32-33-24(35(23)28(20)39-19)14-31-27(38)22-11-17-5-3-4-6-21(17)34(22)15-25(36)37/h3-12H,2,13-15H2,1H3,(H,31,38)(H,36,37). The minimum atomic E-state index is -1.03. The topological polar surface area (TPSA) is 114 Å². The first-order chi connectivity index (χ1) is 18.9. The number of carbonyl (C=O) groups is 2. The highest BCUT2D eigenvalue weighted by Gasteiger charge is 2.26. The second kappa shape index (κ2) is 10.1. The predicted molar refractivity (Wildman–Crippen MR) is 150 cm³/mol. The fourth-order valence-electron chi connectivity index (χ4n) is 4.79. The molecule has 9 nitrogen and oxygen atoms in total. The number of hydrogen-bond acceptors (Lipinski definition) is 6. The van der Waals surface area contributed by atoms with Crippen molar-refractivity contribution in [2.45, 2.75) is 33.0 Å². The largest absolute Gasteiger partial charge is 0.480 e. The zero-order valence-corrected chi connectivity index (χ0v) is 22.5. The van der Waals surface area contributed by atoms with Crippen molar-refractivity contribution in [3.05, 3.63) is 99.0 Å². The summed E-state index contributed by atoms with van der Waals surface area (Å²) in [6, 6.07) is 18.8. The molecule has 39 heavy (non-hydrogen) atoms. The van der Waals surface area contributed by atoms with Gasteiger partial charge in [0, 0.05) is 31.9 Å². The van der Waals surface area contributed by atoms with Gasteiger partial charge < -0.3 is 15.0 Å². The number of aryl methyl sites for hydroxylation is 1. The molecular weight excluding hydrogens is 536 g/mol. The molecule has 2 aromatic carbocycles. The molecule has 11 heteroatoms. The van der Waals surface area contributed by atoms with E-state index in [0.29, 0.717) is 28.7 Å². The first kappa shape index (κ1) is 25.0. The number of benzene rings is 2. The van der Waals surface area contributed by atoms with Crippen LogP contribution in [0, 0.1) is 0 Å². The smallest absolute Gasteiger partial charge is 0.323 e. The average molecular weight is 559 g/mol. The summed E-state index contributed by atoms with van der Waals surface area (Å²) in [6.45, 7) is 2.22. The van der Waals surface area contributed by atoms with E-state index in [1.807, 2.05) is 47.0 Å². The van der Waals surface area contributed by atoms with Gasteiger partial charge in [-0.05, 0) is 36.8 Å². The quantitative estimate of drug-likeness (QED) is 0.296. The summed E-state index contributed by atoms with van der Waals surface area (Å²) < 4.78 is 3.48. The highest BCUT2D eigenvalue weighted by atomic mass is 35.5. The molecule has 5 aromatic rings. The summed E-state index contributed by atoms with van der Waals surface area (Å²) in [6.07, 6.45) is 0.864. The van der Waals surface area contributed by atoms with E-state index >= 15 is 0 Å². The maximum atomic E-state index is 13.3. The molecule has 4 heterocycles. The number of rotatable bonds is 7. The molecule has 0 atom stereocenters. The number of halogens is 1. The van der Waals surface area contributed by atoms with Crippen LogP contribution in [0.25, 0.3) is 15.9 Å². The first-order valence-corrected chi connectivity index (χ1v) is 13.6. The molecule has 0 aliphatic carbocycles. The lowest BCUT2D eigenvalue weighted by atomic mass is 10.0. The Labute approximate surface area is 232 Å². The Kier molecular flexibility index (Phi) is 6.49. The highest BCUT2D eigenvalue weighted by molar-refractivity contribution is 7.15. The molecule has 3 aromatic heterocycles. The summed E-state index contributed by atoms with van der Waals surface area (Å²) in [5, 5.41) is 23.5. The lowest BCUT2D eigenvalue weighted by Gasteiger charge is -2.11. The Balaban J connectivity index is 1.33. The van der Waals surface area contributed by atoms with Crippen molar-refractivity contribution >= 4 is 51.4 Å². The van der Waals surface area contributed by atoms with Gasteiger partial charge in [0.15, 0.2) is 11.6 Å². The minimum absolute atomic E-state index is 0.107. The number of carboxylic acid groups (broad SMARTS) is 1.